The number of carbonyl (C=O) groups is 1. The molecule has 1 aromatic rings. The van der Waals surface area contributed by atoms with Crippen molar-refractivity contribution in [1.29, 1.82) is 5.26 Å². The maximum atomic E-state index is 13.6. The van der Waals surface area contributed by atoms with Gasteiger partial charge in [0.1, 0.15) is 0 Å². The van der Waals surface area contributed by atoms with E-state index in [2.05, 4.69) is 41.7 Å². The van der Waals surface area contributed by atoms with Gasteiger partial charge in [-0.05, 0) is 69.3 Å². The Bertz CT molecular complexity index is 885. The molecule has 0 radical (unpaired) electrons. The molecule has 6 rings (SSSR count). The van der Waals surface area contributed by atoms with E-state index in [1.165, 1.54) is 5.56 Å². The highest BCUT2D eigenvalue weighted by atomic mass is 16.2. The van der Waals surface area contributed by atoms with Crippen molar-refractivity contribution in [3.05, 3.63) is 35.9 Å². The van der Waals surface area contributed by atoms with Crippen molar-refractivity contribution in [2.75, 3.05) is 0 Å². The van der Waals surface area contributed by atoms with Crippen LogP contribution in [0.25, 0.3) is 0 Å². The predicted octanol–water partition coefficient (Wildman–Crippen LogP) is 3.41. The van der Waals surface area contributed by atoms with E-state index in [1.54, 1.807) is 0 Å². The van der Waals surface area contributed by atoms with E-state index in [0.29, 0.717) is 12.0 Å². The molecule has 3 N–H and O–H groups in total. The number of hydrogen-bond donors (Lipinski definition) is 2. The van der Waals surface area contributed by atoms with Gasteiger partial charge in [-0.15, -0.1) is 0 Å². The van der Waals surface area contributed by atoms with Crippen LogP contribution in [0.4, 0.5) is 0 Å². The van der Waals surface area contributed by atoms with Gasteiger partial charge in [0.05, 0.1) is 16.9 Å². The van der Waals surface area contributed by atoms with Gasteiger partial charge in [0, 0.05) is 22.9 Å². The quantitative estimate of drug-likeness (QED) is 0.850. The summed E-state index contributed by atoms with van der Waals surface area (Å²) in [5.41, 5.74) is 7.05. The fourth-order valence-electron chi connectivity index (χ4n) is 8.68. The topological polar surface area (TPSA) is 78.9 Å². The van der Waals surface area contributed by atoms with Crippen molar-refractivity contribution in [3.8, 4) is 6.07 Å². The van der Waals surface area contributed by atoms with Gasteiger partial charge in [0.15, 0.2) is 0 Å². The average Bonchev–Trinajstić information content (AvgIpc) is 3.17. The van der Waals surface area contributed by atoms with Crippen LogP contribution in [0.15, 0.2) is 30.3 Å². The Morgan fingerprint density at radius 2 is 1.82 bits per heavy atom. The zero-order chi connectivity index (χ0) is 19.2. The summed E-state index contributed by atoms with van der Waals surface area (Å²) in [6.45, 7) is 0. The molecule has 1 amide bonds. The minimum absolute atomic E-state index is 0.0391. The molecule has 5 aliphatic carbocycles. The van der Waals surface area contributed by atoms with Crippen LogP contribution in [0.2, 0.25) is 0 Å². The predicted molar refractivity (Wildman–Crippen MR) is 106 cm³/mol. The summed E-state index contributed by atoms with van der Waals surface area (Å²) < 4.78 is 0. The van der Waals surface area contributed by atoms with E-state index in [-0.39, 0.29) is 33.6 Å². The van der Waals surface area contributed by atoms with Gasteiger partial charge in [0.25, 0.3) is 0 Å². The van der Waals surface area contributed by atoms with Crippen molar-refractivity contribution in [1.82, 2.24) is 5.32 Å². The van der Waals surface area contributed by atoms with Gasteiger partial charge in [-0.2, -0.15) is 5.26 Å². The minimum atomic E-state index is -0.269. The molecule has 5 unspecified atom stereocenters. The van der Waals surface area contributed by atoms with Crippen LogP contribution in [0, 0.1) is 33.5 Å². The molecule has 4 nitrogen and oxygen atoms in total. The summed E-state index contributed by atoms with van der Waals surface area (Å²) in [6, 6.07) is 14.1. The van der Waals surface area contributed by atoms with Crippen molar-refractivity contribution < 1.29 is 4.79 Å². The second-order valence-electron chi connectivity index (χ2n) is 10.6. The number of amides is 1. The molecule has 0 heterocycles. The second-order valence-corrected chi connectivity index (χ2v) is 10.6. The van der Waals surface area contributed by atoms with Gasteiger partial charge in [-0.25, -0.2) is 0 Å². The van der Waals surface area contributed by atoms with E-state index in [9.17, 15) is 10.1 Å². The maximum absolute atomic E-state index is 13.6. The first kappa shape index (κ1) is 17.0. The molecule has 0 saturated heterocycles. The Labute approximate surface area is 166 Å². The number of fused-ring (bicyclic) bond motifs is 1. The fourth-order valence-corrected chi connectivity index (χ4v) is 8.68. The van der Waals surface area contributed by atoms with E-state index in [4.69, 9.17) is 5.73 Å². The van der Waals surface area contributed by atoms with Crippen molar-refractivity contribution in [2.24, 2.45) is 27.9 Å². The minimum Gasteiger partial charge on any atom is -0.353 e. The standard InChI is InChI=1S/C24H29N3O/c25-15-22-11-17-10-21(20(28)27-19-8-6-18(26)7-9-19)12-23(14-22,24(17,22)13-21)16-4-2-1-3-5-16/h1-5,17-19H,6-14,26H2,(H,27,28)/t17?,18-,19-,21?,22?,23?,24?. The third kappa shape index (κ3) is 1.70. The fraction of sp³-hybridized carbons (Fsp3) is 0.667. The number of nitriles is 1. The van der Waals surface area contributed by atoms with Crippen molar-refractivity contribution in [2.45, 2.75) is 75.3 Å². The van der Waals surface area contributed by atoms with Crippen LogP contribution in [-0.2, 0) is 10.2 Å². The van der Waals surface area contributed by atoms with Crippen molar-refractivity contribution in [3.63, 3.8) is 0 Å². The molecule has 5 fully saturated rings. The number of nitrogens with one attached hydrogen (secondary N) is 1. The third-order valence-corrected chi connectivity index (χ3v) is 9.63. The molecule has 0 aliphatic heterocycles. The maximum Gasteiger partial charge on any atom is 0.226 e. The lowest BCUT2D eigenvalue weighted by molar-refractivity contribution is -0.248. The van der Waals surface area contributed by atoms with Crippen molar-refractivity contribution >= 4 is 5.91 Å². The molecule has 0 aromatic heterocycles. The number of nitrogens with zero attached hydrogens (tertiary/aromatic N) is 1. The van der Waals surface area contributed by atoms with Crippen LogP contribution in [0.3, 0.4) is 0 Å². The van der Waals surface area contributed by atoms with Gasteiger partial charge in [-0.1, -0.05) is 30.3 Å². The summed E-state index contributed by atoms with van der Waals surface area (Å²) in [5.74, 6) is 0.814. The van der Waals surface area contributed by atoms with Crippen LogP contribution in [0.5, 0.6) is 0 Å². The molecule has 2 bridgehead atoms. The summed E-state index contributed by atoms with van der Waals surface area (Å²) in [5, 5.41) is 13.5. The van der Waals surface area contributed by atoms with Crippen LogP contribution in [-0.4, -0.2) is 18.0 Å². The normalized spacial score (nSPS) is 50.1. The smallest absolute Gasteiger partial charge is 0.226 e. The number of hydrogen-bond acceptors (Lipinski definition) is 3. The Hall–Kier alpha value is -1.86. The largest absolute Gasteiger partial charge is 0.353 e. The summed E-state index contributed by atoms with van der Waals surface area (Å²) in [4.78, 5) is 13.6. The molecule has 4 heteroatoms. The van der Waals surface area contributed by atoms with E-state index >= 15 is 0 Å². The molecule has 146 valence electrons. The SMILES string of the molecule is N#CC12CC3CC4(C(=O)N[C@H]5CC[C@H](N)CC5)CC(c5ccccc5)(C1)C32C4. The Morgan fingerprint density at radius 1 is 1.07 bits per heavy atom. The molecule has 1 spiro atoms. The highest BCUT2D eigenvalue weighted by Gasteiger charge is 2.91. The molecule has 5 aliphatic rings. The van der Waals surface area contributed by atoms with Crippen LogP contribution < -0.4 is 11.1 Å². The Morgan fingerprint density at radius 3 is 2.54 bits per heavy atom. The Balaban J connectivity index is 1.34. The second kappa shape index (κ2) is 5.19. The number of nitrogens with two attached hydrogens (primary N) is 1. The van der Waals surface area contributed by atoms with Crippen LogP contribution in [0.1, 0.15) is 63.4 Å². The summed E-state index contributed by atoms with van der Waals surface area (Å²) in [6.07, 6.45) is 8.82. The monoisotopic (exact) mass is 375 g/mol. The number of benzene rings is 1. The molecule has 5 atom stereocenters. The zero-order valence-corrected chi connectivity index (χ0v) is 16.4. The zero-order valence-electron chi connectivity index (χ0n) is 16.4. The summed E-state index contributed by atoms with van der Waals surface area (Å²) >= 11 is 0. The first-order chi connectivity index (χ1) is 13.5. The van der Waals surface area contributed by atoms with Gasteiger partial charge in [-0.3, -0.25) is 4.79 Å². The third-order valence-electron chi connectivity index (χ3n) is 9.63. The molecule has 1 aromatic carbocycles. The van der Waals surface area contributed by atoms with E-state index < -0.39 is 0 Å². The lowest BCUT2D eigenvalue weighted by Gasteiger charge is -2.77. The number of rotatable bonds is 3. The highest BCUT2D eigenvalue weighted by molar-refractivity contribution is 5.85. The lowest BCUT2D eigenvalue weighted by Crippen LogP contribution is -2.75. The highest BCUT2D eigenvalue weighted by Crippen LogP contribution is 2.93. The summed E-state index contributed by atoms with van der Waals surface area (Å²) in [7, 11) is 0. The first-order valence-corrected chi connectivity index (χ1v) is 11.0. The van der Waals surface area contributed by atoms with E-state index in [1.807, 2.05) is 0 Å². The van der Waals surface area contributed by atoms with E-state index in [0.717, 1.165) is 57.8 Å². The molecular weight excluding hydrogens is 346 g/mol. The van der Waals surface area contributed by atoms with Gasteiger partial charge >= 0.3 is 0 Å². The molecule has 5 saturated carbocycles. The first-order valence-electron chi connectivity index (χ1n) is 11.0. The Kier molecular flexibility index (Phi) is 3.16. The molecular formula is C24H29N3O. The lowest BCUT2D eigenvalue weighted by atomic mass is 9.24. The van der Waals surface area contributed by atoms with Gasteiger partial charge in [0.2, 0.25) is 5.91 Å². The van der Waals surface area contributed by atoms with Gasteiger partial charge < -0.3 is 11.1 Å². The number of carbonyl (C=O) groups excluding carboxylic acids is 1. The molecule has 28 heavy (non-hydrogen) atoms. The van der Waals surface area contributed by atoms with Crippen LogP contribution >= 0.6 is 0 Å². The average molecular weight is 376 g/mol.